The second-order valence-electron chi connectivity index (χ2n) is 7.33. The number of phenolic OH excluding ortho intramolecular Hbond substituents is 2. The van der Waals surface area contributed by atoms with Gasteiger partial charge >= 0.3 is 0 Å². The first-order chi connectivity index (χ1) is 13.2. The Labute approximate surface area is 161 Å². The number of fused-ring (bicyclic) bond motifs is 4. The predicted molar refractivity (Wildman–Crippen MR) is 102 cm³/mol. The van der Waals surface area contributed by atoms with E-state index < -0.39 is 17.0 Å². The van der Waals surface area contributed by atoms with Crippen LogP contribution in [0.4, 0.5) is 0 Å². The Morgan fingerprint density at radius 1 is 1.11 bits per heavy atom. The van der Waals surface area contributed by atoms with Crippen molar-refractivity contribution in [1.82, 2.24) is 0 Å². The van der Waals surface area contributed by atoms with Gasteiger partial charge in [-0.1, -0.05) is 19.1 Å². The average Bonchev–Trinajstić information content (AvgIpc) is 2.89. The van der Waals surface area contributed by atoms with E-state index in [4.69, 9.17) is 5.73 Å². The molecule has 0 aliphatic heterocycles. The van der Waals surface area contributed by atoms with Crippen LogP contribution in [0.3, 0.4) is 0 Å². The van der Waals surface area contributed by atoms with Crippen molar-refractivity contribution in [3.63, 3.8) is 0 Å². The highest BCUT2D eigenvalue weighted by Crippen LogP contribution is 2.56. The number of benzene rings is 2. The molecule has 6 heteroatoms. The Morgan fingerprint density at radius 3 is 2.50 bits per heavy atom. The monoisotopic (exact) mass is 377 g/mol. The first-order valence-electron chi connectivity index (χ1n) is 9.01. The molecule has 142 valence electrons. The van der Waals surface area contributed by atoms with Gasteiger partial charge in [-0.25, -0.2) is 0 Å². The highest BCUT2D eigenvalue weighted by Gasteiger charge is 2.59. The van der Waals surface area contributed by atoms with E-state index in [0.29, 0.717) is 11.1 Å². The van der Waals surface area contributed by atoms with E-state index in [9.17, 15) is 24.6 Å². The van der Waals surface area contributed by atoms with Crippen molar-refractivity contribution in [2.45, 2.75) is 32.1 Å². The van der Waals surface area contributed by atoms with E-state index in [0.717, 1.165) is 0 Å². The maximum atomic E-state index is 13.7. The van der Waals surface area contributed by atoms with Crippen LogP contribution in [0.1, 0.15) is 57.2 Å². The Morgan fingerprint density at radius 2 is 1.82 bits per heavy atom. The third kappa shape index (κ3) is 2.05. The van der Waals surface area contributed by atoms with Gasteiger partial charge in [-0.15, -0.1) is 0 Å². The van der Waals surface area contributed by atoms with E-state index in [1.165, 1.54) is 24.3 Å². The van der Waals surface area contributed by atoms with Crippen LogP contribution >= 0.6 is 0 Å². The van der Waals surface area contributed by atoms with Crippen molar-refractivity contribution in [2.24, 2.45) is 5.73 Å². The fraction of sp³-hybridized carbons (Fsp3) is 0.227. The van der Waals surface area contributed by atoms with Gasteiger partial charge in [-0.3, -0.25) is 14.4 Å². The minimum Gasteiger partial charge on any atom is -0.508 e. The Kier molecular flexibility index (Phi) is 3.72. The molecule has 2 aliphatic rings. The lowest BCUT2D eigenvalue weighted by Gasteiger charge is -2.35. The fourth-order valence-corrected chi connectivity index (χ4v) is 4.46. The summed E-state index contributed by atoms with van der Waals surface area (Å²) in [5.74, 6) is -1.84. The highest BCUT2D eigenvalue weighted by molar-refractivity contribution is 6.33. The molecule has 4 N–H and O–H groups in total. The number of nitrogens with two attached hydrogens (primary N) is 1. The van der Waals surface area contributed by atoms with Crippen LogP contribution < -0.4 is 5.73 Å². The molecule has 0 heterocycles. The summed E-state index contributed by atoms with van der Waals surface area (Å²) in [4.78, 5) is 39.6. The second-order valence-corrected chi connectivity index (χ2v) is 7.33. The third-order valence-electron chi connectivity index (χ3n) is 5.66. The molecule has 6 nitrogen and oxygen atoms in total. The van der Waals surface area contributed by atoms with Gasteiger partial charge in [0.25, 0.3) is 0 Å². The molecule has 2 aromatic carbocycles. The quantitative estimate of drug-likeness (QED) is 0.757. The largest absolute Gasteiger partial charge is 0.508 e. The lowest BCUT2D eigenvalue weighted by atomic mass is 9.62. The Balaban J connectivity index is 2.15. The molecule has 0 amide bonds. The van der Waals surface area contributed by atoms with Gasteiger partial charge in [0.1, 0.15) is 22.7 Å². The molecule has 28 heavy (non-hydrogen) atoms. The molecule has 0 saturated heterocycles. The highest BCUT2D eigenvalue weighted by atomic mass is 16.3. The van der Waals surface area contributed by atoms with E-state index in [2.05, 4.69) is 0 Å². The normalized spacial score (nSPS) is 20.1. The van der Waals surface area contributed by atoms with Crippen LogP contribution in [0.2, 0.25) is 0 Å². The molecular formula is C22H19NO5. The summed E-state index contributed by atoms with van der Waals surface area (Å²) < 4.78 is 0. The van der Waals surface area contributed by atoms with Crippen molar-refractivity contribution in [3.8, 4) is 11.5 Å². The summed E-state index contributed by atoms with van der Waals surface area (Å²) in [5.41, 5.74) is 5.84. The number of ketones is 3. The summed E-state index contributed by atoms with van der Waals surface area (Å²) >= 11 is 0. The molecule has 1 atom stereocenters. The van der Waals surface area contributed by atoms with E-state index in [-0.39, 0.29) is 58.1 Å². The molecule has 0 aromatic heterocycles. The number of hydrogen-bond donors (Lipinski definition) is 3. The second kappa shape index (κ2) is 5.79. The van der Waals surface area contributed by atoms with Crippen LogP contribution in [0, 0.1) is 6.92 Å². The first kappa shape index (κ1) is 18.0. The molecule has 0 bridgehead atoms. The standard InChI is InChI=1S/C22H19NO5/c1-3-11(24)9-22-17-13(7-10(2)8-15(17)26)19(23)18(22)20(27)16-12(21(22)28)5-4-6-14(16)25/h4-8,25-26H,3,9,23H2,1-2H3/t22-/m1/s1. The summed E-state index contributed by atoms with van der Waals surface area (Å²) in [6, 6.07) is 7.43. The van der Waals surface area contributed by atoms with Crippen LogP contribution in [-0.4, -0.2) is 27.6 Å². The maximum absolute atomic E-state index is 13.7. The minimum absolute atomic E-state index is 0.0262. The number of Topliss-reactive ketones (excluding diaryl/α,β-unsaturated/α-hetero) is 3. The van der Waals surface area contributed by atoms with Crippen LogP contribution in [0.15, 0.2) is 35.9 Å². The zero-order chi connectivity index (χ0) is 20.4. The van der Waals surface area contributed by atoms with Crippen molar-refractivity contribution < 1.29 is 24.6 Å². The van der Waals surface area contributed by atoms with Crippen molar-refractivity contribution in [1.29, 1.82) is 0 Å². The number of aryl methyl sites for hydroxylation is 1. The number of carbonyl (C=O) groups is 3. The van der Waals surface area contributed by atoms with Gasteiger partial charge in [0.2, 0.25) is 0 Å². The number of rotatable bonds is 3. The molecule has 0 fully saturated rings. The Hall–Kier alpha value is -3.41. The van der Waals surface area contributed by atoms with E-state index in [1.807, 2.05) is 0 Å². The number of phenols is 2. The molecule has 4 rings (SSSR count). The molecule has 0 spiro atoms. The van der Waals surface area contributed by atoms with Crippen LogP contribution in [0.25, 0.3) is 5.70 Å². The van der Waals surface area contributed by atoms with Crippen LogP contribution in [0.5, 0.6) is 11.5 Å². The lowest BCUT2D eigenvalue weighted by Crippen LogP contribution is -2.45. The Bertz CT molecular complexity index is 1130. The summed E-state index contributed by atoms with van der Waals surface area (Å²) in [5, 5.41) is 20.9. The smallest absolute Gasteiger partial charge is 0.196 e. The van der Waals surface area contributed by atoms with Gasteiger partial charge in [-0.05, 0) is 30.7 Å². The van der Waals surface area contributed by atoms with Gasteiger partial charge < -0.3 is 15.9 Å². The van der Waals surface area contributed by atoms with Crippen LogP contribution in [-0.2, 0) is 10.2 Å². The number of hydrogen-bond acceptors (Lipinski definition) is 6. The molecular weight excluding hydrogens is 358 g/mol. The zero-order valence-electron chi connectivity index (χ0n) is 15.5. The molecule has 0 unspecified atom stereocenters. The number of carbonyl (C=O) groups excluding carboxylic acids is 3. The zero-order valence-corrected chi connectivity index (χ0v) is 15.5. The van der Waals surface area contributed by atoms with Crippen molar-refractivity contribution >= 4 is 23.0 Å². The molecule has 0 radical (unpaired) electrons. The summed E-state index contributed by atoms with van der Waals surface area (Å²) in [6.07, 6.45) is -0.103. The minimum atomic E-state index is -1.68. The van der Waals surface area contributed by atoms with Gasteiger partial charge in [0.05, 0.1) is 5.56 Å². The summed E-state index contributed by atoms with van der Waals surface area (Å²) in [7, 11) is 0. The summed E-state index contributed by atoms with van der Waals surface area (Å²) in [6.45, 7) is 3.43. The van der Waals surface area contributed by atoms with E-state index in [1.54, 1.807) is 19.9 Å². The maximum Gasteiger partial charge on any atom is 0.196 e. The van der Waals surface area contributed by atoms with Gasteiger partial charge in [-0.2, -0.15) is 0 Å². The molecule has 2 aromatic rings. The third-order valence-corrected chi connectivity index (χ3v) is 5.66. The number of allylic oxidation sites excluding steroid dienone is 1. The SMILES string of the molecule is CCC(=O)C[C@]12C(=O)c3cccc(O)c3C(=O)C1=C(N)c1cc(C)cc(O)c12. The molecule has 2 aliphatic carbocycles. The topological polar surface area (TPSA) is 118 Å². The average molecular weight is 377 g/mol. The van der Waals surface area contributed by atoms with Crippen molar-refractivity contribution in [2.75, 3.05) is 0 Å². The molecule has 0 saturated carbocycles. The fourth-order valence-electron chi connectivity index (χ4n) is 4.46. The first-order valence-corrected chi connectivity index (χ1v) is 9.01. The van der Waals surface area contributed by atoms with Gasteiger partial charge in [0.15, 0.2) is 11.6 Å². The van der Waals surface area contributed by atoms with Gasteiger partial charge in [0, 0.05) is 40.8 Å². The van der Waals surface area contributed by atoms with Crippen molar-refractivity contribution in [3.05, 3.63) is 63.7 Å². The van der Waals surface area contributed by atoms with E-state index >= 15 is 0 Å². The predicted octanol–water partition coefficient (Wildman–Crippen LogP) is 2.78. The number of aromatic hydroxyl groups is 2. The lowest BCUT2D eigenvalue weighted by molar-refractivity contribution is -0.119.